The highest BCUT2D eigenvalue weighted by Crippen LogP contribution is 2.17. The van der Waals surface area contributed by atoms with E-state index < -0.39 is 6.09 Å². The highest BCUT2D eigenvalue weighted by atomic mass is 19.1. The van der Waals surface area contributed by atoms with Gasteiger partial charge in [0.1, 0.15) is 5.82 Å². The van der Waals surface area contributed by atoms with Gasteiger partial charge in [0, 0.05) is 31.4 Å². The maximum atomic E-state index is 13.2. The second-order valence-corrected chi connectivity index (χ2v) is 7.52. The average molecular weight is 438 g/mol. The molecule has 9 nitrogen and oxygen atoms in total. The van der Waals surface area contributed by atoms with Crippen molar-refractivity contribution in [3.8, 4) is 11.3 Å². The molecule has 0 radical (unpaired) electrons. The minimum Gasteiger partial charge on any atom is -0.465 e. The third-order valence-electron chi connectivity index (χ3n) is 5.37. The molecule has 0 unspecified atom stereocenters. The zero-order chi connectivity index (χ0) is 22.5. The van der Waals surface area contributed by atoms with Crippen LogP contribution in [-0.4, -0.2) is 62.6 Å². The molecule has 2 aromatic heterocycles. The number of aromatic nitrogens is 3. The second-order valence-electron chi connectivity index (χ2n) is 7.52. The van der Waals surface area contributed by atoms with Crippen molar-refractivity contribution in [3.05, 3.63) is 71.9 Å². The first-order valence-corrected chi connectivity index (χ1v) is 10.3. The van der Waals surface area contributed by atoms with E-state index >= 15 is 0 Å². The first-order valence-electron chi connectivity index (χ1n) is 10.3. The van der Waals surface area contributed by atoms with Crippen LogP contribution in [0.3, 0.4) is 0 Å². The lowest BCUT2D eigenvalue weighted by atomic mass is 10.0. The number of carboxylic acid groups (broad SMARTS) is 1. The molecule has 0 spiro atoms. The number of likely N-dealkylation sites (tertiary alicyclic amines) is 1. The lowest BCUT2D eigenvalue weighted by molar-refractivity contribution is 0.0703. The van der Waals surface area contributed by atoms with Gasteiger partial charge in [0.15, 0.2) is 0 Å². The summed E-state index contributed by atoms with van der Waals surface area (Å²) in [5.74, 6) is -0.548. The van der Waals surface area contributed by atoms with E-state index in [0.29, 0.717) is 30.8 Å². The lowest BCUT2D eigenvalue weighted by Crippen LogP contribution is -2.55. The Bertz CT molecular complexity index is 1100. The number of halogens is 1. The van der Waals surface area contributed by atoms with Crippen LogP contribution in [0.4, 0.5) is 9.18 Å². The topological polar surface area (TPSA) is 112 Å². The molecule has 1 aromatic carbocycles. The minimum atomic E-state index is -0.967. The van der Waals surface area contributed by atoms with Gasteiger partial charge in [0.2, 0.25) is 0 Å². The first-order chi connectivity index (χ1) is 15.5. The van der Waals surface area contributed by atoms with Crippen LogP contribution in [-0.2, 0) is 6.42 Å². The van der Waals surface area contributed by atoms with Crippen molar-refractivity contribution in [1.29, 1.82) is 0 Å². The van der Waals surface area contributed by atoms with Crippen LogP contribution >= 0.6 is 0 Å². The van der Waals surface area contributed by atoms with Crippen molar-refractivity contribution in [1.82, 2.24) is 25.1 Å². The Morgan fingerprint density at radius 2 is 2.09 bits per heavy atom. The predicted octanol–water partition coefficient (Wildman–Crippen LogP) is 2.35. The highest BCUT2D eigenvalue weighted by molar-refractivity contribution is 5.94. The number of carbonyl (C=O) groups excluding carboxylic acids is 1. The molecule has 1 aliphatic rings. The number of nitrogens with zero attached hydrogens (tertiary/aromatic N) is 4. The second kappa shape index (κ2) is 9.46. The first kappa shape index (κ1) is 21.3. The number of hydrogen-bond acceptors (Lipinski definition) is 5. The molecule has 3 heterocycles. The van der Waals surface area contributed by atoms with Crippen LogP contribution in [0.2, 0.25) is 0 Å². The molecule has 0 aliphatic carbocycles. The van der Waals surface area contributed by atoms with Crippen molar-refractivity contribution in [2.45, 2.75) is 18.9 Å². The Morgan fingerprint density at radius 1 is 1.22 bits per heavy atom. The summed E-state index contributed by atoms with van der Waals surface area (Å²) >= 11 is 0. The standard InChI is InChI=1S/C22H23FN6O3/c23-18-3-1-2-15(10-18)6-8-26-29-14-17(12-27-29)20-5-4-16(11-24-20)21(30)25-13-19-7-9-28(19)22(31)32/h1-5,10-12,14,19,26H,6-9,13H2,(H,25,30)(H,31,32)/t19-/m1/s1. The minimum absolute atomic E-state index is 0.178. The van der Waals surface area contributed by atoms with Gasteiger partial charge in [-0.05, 0) is 42.7 Å². The smallest absolute Gasteiger partial charge is 0.407 e. The van der Waals surface area contributed by atoms with Crippen LogP contribution in [0.15, 0.2) is 55.0 Å². The van der Waals surface area contributed by atoms with Crippen LogP contribution < -0.4 is 10.7 Å². The van der Waals surface area contributed by atoms with E-state index in [2.05, 4.69) is 20.8 Å². The molecule has 0 saturated carbocycles. The zero-order valence-electron chi connectivity index (χ0n) is 17.2. The summed E-state index contributed by atoms with van der Waals surface area (Å²) in [6.07, 6.45) is 5.35. The number of pyridine rings is 1. The molecule has 10 heteroatoms. The normalized spacial score (nSPS) is 15.2. The van der Waals surface area contributed by atoms with Crippen molar-refractivity contribution in [3.63, 3.8) is 0 Å². The quantitative estimate of drug-likeness (QED) is 0.498. The third-order valence-corrected chi connectivity index (χ3v) is 5.37. The van der Waals surface area contributed by atoms with E-state index in [1.807, 2.05) is 6.07 Å². The van der Waals surface area contributed by atoms with E-state index in [0.717, 1.165) is 17.5 Å². The van der Waals surface area contributed by atoms with Gasteiger partial charge in [-0.3, -0.25) is 9.78 Å². The molecule has 1 atom stereocenters. The fourth-order valence-electron chi connectivity index (χ4n) is 3.47. The summed E-state index contributed by atoms with van der Waals surface area (Å²) in [5.41, 5.74) is 5.87. The molecule has 0 bridgehead atoms. The summed E-state index contributed by atoms with van der Waals surface area (Å²) in [4.78, 5) is 30.5. The van der Waals surface area contributed by atoms with E-state index in [1.54, 1.807) is 35.4 Å². The number of hydrogen-bond donors (Lipinski definition) is 3. The maximum Gasteiger partial charge on any atom is 0.407 e. The number of carbonyl (C=O) groups is 2. The zero-order valence-corrected chi connectivity index (χ0v) is 17.2. The molecular weight excluding hydrogens is 415 g/mol. The fraction of sp³-hybridized carbons (Fsp3) is 0.273. The number of amides is 2. The number of nitrogens with one attached hydrogen (secondary N) is 2. The Balaban J connectivity index is 1.28. The molecule has 1 saturated heterocycles. The van der Waals surface area contributed by atoms with Crippen molar-refractivity contribution in [2.75, 3.05) is 25.1 Å². The summed E-state index contributed by atoms with van der Waals surface area (Å²) in [6.45, 7) is 1.36. The summed E-state index contributed by atoms with van der Waals surface area (Å²) in [6, 6.07) is 9.70. The molecule has 32 heavy (non-hydrogen) atoms. The van der Waals surface area contributed by atoms with Gasteiger partial charge in [-0.2, -0.15) is 9.89 Å². The van der Waals surface area contributed by atoms with Gasteiger partial charge in [-0.25, -0.2) is 9.18 Å². The molecule has 1 aliphatic heterocycles. The van der Waals surface area contributed by atoms with Gasteiger partial charge in [0.05, 0.1) is 29.7 Å². The third kappa shape index (κ3) is 5.02. The Kier molecular flexibility index (Phi) is 6.29. The number of benzene rings is 1. The van der Waals surface area contributed by atoms with Gasteiger partial charge in [-0.15, -0.1) is 0 Å². The molecule has 3 aromatic rings. The summed E-state index contributed by atoms with van der Waals surface area (Å²) < 4.78 is 13.2. The monoisotopic (exact) mass is 438 g/mol. The van der Waals surface area contributed by atoms with E-state index in [1.165, 1.54) is 23.2 Å². The summed E-state index contributed by atoms with van der Waals surface area (Å²) in [5, 5.41) is 16.0. The lowest BCUT2D eigenvalue weighted by Gasteiger charge is -2.38. The van der Waals surface area contributed by atoms with E-state index in [9.17, 15) is 14.0 Å². The Morgan fingerprint density at radius 3 is 2.78 bits per heavy atom. The predicted molar refractivity (Wildman–Crippen MR) is 115 cm³/mol. The van der Waals surface area contributed by atoms with Gasteiger partial charge in [0.25, 0.3) is 5.91 Å². The van der Waals surface area contributed by atoms with E-state index in [4.69, 9.17) is 5.11 Å². The van der Waals surface area contributed by atoms with Crippen LogP contribution in [0, 0.1) is 5.82 Å². The van der Waals surface area contributed by atoms with Crippen LogP contribution in [0.1, 0.15) is 22.3 Å². The summed E-state index contributed by atoms with van der Waals surface area (Å²) in [7, 11) is 0. The molecule has 166 valence electrons. The van der Waals surface area contributed by atoms with Crippen molar-refractivity contribution < 1.29 is 19.1 Å². The Labute approximate surface area is 183 Å². The number of rotatable bonds is 8. The molecule has 1 fully saturated rings. The van der Waals surface area contributed by atoms with Crippen LogP contribution in [0.25, 0.3) is 11.3 Å². The van der Waals surface area contributed by atoms with Crippen molar-refractivity contribution >= 4 is 12.0 Å². The fourth-order valence-corrected chi connectivity index (χ4v) is 3.47. The maximum absolute atomic E-state index is 13.2. The molecule has 2 amide bonds. The van der Waals surface area contributed by atoms with Crippen LogP contribution in [0.5, 0.6) is 0 Å². The molecule has 4 rings (SSSR count). The SMILES string of the molecule is O=C(NC[C@H]1CCN1C(=O)O)c1ccc(-c2cnn(NCCc3cccc(F)c3)c2)nc1. The largest absolute Gasteiger partial charge is 0.465 e. The van der Waals surface area contributed by atoms with Gasteiger partial charge < -0.3 is 20.7 Å². The average Bonchev–Trinajstić information content (AvgIpc) is 3.22. The van der Waals surface area contributed by atoms with E-state index in [-0.39, 0.29) is 24.3 Å². The highest BCUT2D eigenvalue weighted by Gasteiger charge is 2.32. The van der Waals surface area contributed by atoms with Crippen molar-refractivity contribution in [2.24, 2.45) is 0 Å². The molecule has 3 N–H and O–H groups in total. The Hall–Kier alpha value is -3.95. The van der Waals surface area contributed by atoms with Gasteiger partial charge >= 0.3 is 6.09 Å². The molecular formula is C22H23FN6O3. The van der Waals surface area contributed by atoms with Gasteiger partial charge in [-0.1, -0.05) is 12.1 Å².